The Hall–Kier alpha value is -3.73. The molecular formula is C25H24N4O. The van der Waals surface area contributed by atoms with Gasteiger partial charge in [-0.1, -0.05) is 91.0 Å². The van der Waals surface area contributed by atoms with Crippen molar-refractivity contribution in [3.8, 4) is 0 Å². The number of carbonyl (C=O) groups is 1. The predicted octanol–water partition coefficient (Wildman–Crippen LogP) is 4.36. The van der Waals surface area contributed by atoms with E-state index in [1.807, 2.05) is 66.7 Å². The van der Waals surface area contributed by atoms with Gasteiger partial charge >= 0.3 is 0 Å². The zero-order chi connectivity index (χ0) is 20.6. The molecule has 1 unspecified atom stereocenters. The van der Waals surface area contributed by atoms with Crippen molar-refractivity contribution < 1.29 is 4.79 Å². The summed E-state index contributed by atoms with van der Waals surface area (Å²) in [6.45, 7) is 0.476. The van der Waals surface area contributed by atoms with E-state index in [9.17, 15) is 4.79 Å². The summed E-state index contributed by atoms with van der Waals surface area (Å²) in [4.78, 5) is 14.8. The number of hydrogen-bond acceptors (Lipinski definition) is 3. The van der Waals surface area contributed by atoms with Gasteiger partial charge in [0.2, 0.25) is 5.91 Å². The monoisotopic (exact) mass is 396 g/mol. The summed E-state index contributed by atoms with van der Waals surface area (Å²) >= 11 is 0. The molecule has 1 amide bonds. The van der Waals surface area contributed by atoms with E-state index in [1.54, 1.807) is 17.2 Å². The molecule has 0 aliphatic rings. The maximum absolute atomic E-state index is 13.2. The van der Waals surface area contributed by atoms with Crippen LogP contribution < -0.4 is 5.32 Å². The fourth-order valence-corrected chi connectivity index (χ4v) is 3.66. The van der Waals surface area contributed by atoms with Crippen molar-refractivity contribution in [1.82, 2.24) is 20.3 Å². The molecule has 4 rings (SSSR count). The number of carbonyl (C=O) groups excluding carboxylic acids is 1. The number of rotatable bonds is 8. The summed E-state index contributed by atoms with van der Waals surface area (Å²) in [6, 6.07) is 30.1. The average Bonchev–Trinajstić information content (AvgIpc) is 3.32. The Morgan fingerprint density at radius 1 is 0.733 bits per heavy atom. The van der Waals surface area contributed by atoms with Crippen LogP contribution in [0.5, 0.6) is 0 Å². The smallest absolute Gasteiger partial charge is 0.221 e. The molecule has 0 radical (unpaired) electrons. The highest BCUT2D eigenvalue weighted by atomic mass is 16.1. The van der Waals surface area contributed by atoms with Crippen LogP contribution in [0.1, 0.15) is 35.1 Å². The normalized spacial score (nSPS) is 11.9. The molecule has 30 heavy (non-hydrogen) atoms. The molecule has 0 spiro atoms. The molecule has 0 fully saturated rings. The molecule has 4 aromatic rings. The molecule has 1 atom stereocenters. The van der Waals surface area contributed by atoms with Gasteiger partial charge in [0, 0.05) is 12.3 Å². The van der Waals surface area contributed by atoms with Crippen LogP contribution >= 0.6 is 0 Å². The summed E-state index contributed by atoms with van der Waals surface area (Å²) in [5, 5.41) is 11.6. The summed E-state index contributed by atoms with van der Waals surface area (Å²) < 4.78 is 0. The van der Waals surface area contributed by atoms with Crippen molar-refractivity contribution in [3.63, 3.8) is 0 Å². The second kappa shape index (κ2) is 9.65. The van der Waals surface area contributed by atoms with Gasteiger partial charge in [0.1, 0.15) is 0 Å². The maximum Gasteiger partial charge on any atom is 0.221 e. The van der Waals surface area contributed by atoms with E-state index in [-0.39, 0.29) is 17.9 Å². The number of nitrogens with zero attached hydrogens (tertiary/aromatic N) is 3. The second-order valence-electron chi connectivity index (χ2n) is 7.19. The molecule has 0 saturated heterocycles. The molecule has 0 aliphatic carbocycles. The lowest BCUT2D eigenvalue weighted by atomic mass is 9.88. The van der Waals surface area contributed by atoms with Gasteiger partial charge < -0.3 is 5.32 Å². The van der Waals surface area contributed by atoms with Gasteiger partial charge in [0.05, 0.1) is 25.0 Å². The fraction of sp³-hybridized carbons (Fsp3) is 0.160. The molecule has 1 aromatic heterocycles. The molecule has 3 aromatic carbocycles. The molecule has 150 valence electrons. The minimum atomic E-state index is -0.210. The van der Waals surface area contributed by atoms with Gasteiger partial charge in [0.15, 0.2) is 0 Å². The van der Waals surface area contributed by atoms with Gasteiger partial charge in [-0.15, -0.1) is 0 Å². The lowest BCUT2D eigenvalue weighted by molar-refractivity contribution is -0.122. The molecule has 5 heteroatoms. The number of hydrogen-bond donors (Lipinski definition) is 1. The Balaban J connectivity index is 1.55. The van der Waals surface area contributed by atoms with Crippen LogP contribution in [0, 0.1) is 0 Å². The Kier molecular flexibility index (Phi) is 6.30. The van der Waals surface area contributed by atoms with E-state index < -0.39 is 0 Å². The molecule has 0 bridgehead atoms. The van der Waals surface area contributed by atoms with Gasteiger partial charge in [0.25, 0.3) is 0 Å². The molecule has 5 nitrogen and oxygen atoms in total. The summed E-state index contributed by atoms with van der Waals surface area (Å²) in [7, 11) is 0. The third-order valence-electron chi connectivity index (χ3n) is 5.14. The Bertz CT molecular complexity index is 995. The minimum absolute atomic E-state index is 0.00582. The maximum atomic E-state index is 13.2. The molecular weight excluding hydrogens is 372 g/mol. The van der Waals surface area contributed by atoms with Crippen molar-refractivity contribution in [2.45, 2.75) is 24.9 Å². The van der Waals surface area contributed by atoms with Crippen LogP contribution in [0.2, 0.25) is 0 Å². The van der Waals surface area contributed by atoms with E-state index >= 15 is 0 Å². The van der Waals surface area contributed by atoms with Crippen molar-refractivity contribution >= 4 is 5.91 Å². The van der Waals surface area contributed by atoms with E-state index in [0.29, 0.717) is 13.0 Å². The minimum Gasteiger partial charge on any atom is -0.347 e. The van der Waals surface area contributed by atoms with Crippen molar-refractivity contribution in [1.29, 1.82) is 0 Å². The van der Waals surface area contributed by atoms with Crippen LogP contribution in [0.3, 0.4) is 0 Å². The average molecular weight is 396 g/mol. The van der Waals surface area contributed by atoms with E-state index in [1.165, 1.54) is 0 Å². The molecule has 0 aliphatic heterocycles. The first-order valence-corrected chi connectivity index (χ1v) is 10.1. The van der Waals surface area contributed by atoms with Crippen LogP contribution in [-0.4, -0.2) is 20.9 Å². The largest absolute Gasteiger partial charge is 0.347 e. The van der Waals surface area contributed by atoms with Gasteiger partial charge in [-0.2, -0.15) is 15.0 Å². The first kappa shape index (κ1) is 19.6. The topological polar surface area (TPSA) is 59.8 Å². The van der Waals surface area contributed by atoms with Crippen LogP contribution in [0.25, 0.3) is 0 Å². The Morgan fingerprint density at radius 3 is 1.70 bits per heavy atom. The molecule has 1 N–H and O–H groups in total. The first-order chi connectivity index (χ1) is 14.8. The summed E-state index contributed by atoms with van der Waals surface area (Å²) in [6.07, 6.45) is 3.65. The van der Waals surface area contributed by atoms with E-state index in [0.717, 1.165) is 16.7 Å². The highest BCUT2D eigenvalue weighted by molar-refractivity contribution is 5.78. The number of aromatic nitrogens is 3. The number of amides is 1. The Labute approximate surface area is 176 Å². The second-order valence-corrected chi connectivity index (χ2v) is 7.19. The highest BCUT2D eigenvalue weighted by Crippen LogP contribution is 2.28. The third kappa shape index (κ3) is 5.00. The number of nitrogens with one attached hydrogen (secondary N) is 1. The SMILES string of the molecule is O=C(CC(c1ccccc1)c1ccccc1)NC(Cn1nccn1)c1ccccc1. The Morgan fingerprint density at radius 2 is 1.20 bits per heavy atom. The van der Waals surface area contributed by atoms with Gasteiger partial charge in [-0.25, -0.2) is 0 Å². The van der Waals surface area contributed by atoms with Crippen molar-refractivity contribution in [3.05, 3.63) is 120 Å². The van der Waals surface area contributed by atoms with E-state index in [4.69, 9.17) is 0 Å². The molecule has 0 saturated carbocycles. The van der Waals surface area contributed by atoms with Gasteiger partial charge in [-0.3, -0.25) is 4.79 Å². The zero-order valence-electron chi connectivity index (χ0n) is 16.6. The standard InChI is InChI=1S/C25H24N4O/c30-25(18-23(20-10-4-1-5-11-20)21-12-6-2-7-13-21)28-24(19-29-26-16-17-27-29)22-14-8-3-9-15-22/h1-17,23-24H,18-19H2,(H,28,30). The quantitative estimate of drug-likeness (QED) is 0.481. The fourth-order valence-electron chi connectivity index (χ4n) is 3.66. The van der Waals surface area contributed by atoms with Crippen molar-refractivity contribution in [2.75, 3.05) is 0 Å². The first-order valence-electron chi connectivity index (χ1n) is 10.1. The number of benzene rings is 3. The van der Waals surface area contributed by atoms with E-state index in [2.05, 4.69) is 39.8 Å². The summed E-state index contributed by atoms with van der Waals surface area (Å²) in [5.74, 6) is -0.0135. The van der Waals surface area contributed by atoms with Gasteiger partial charge in [-0.05, 0) is 16.7 Å². The van der Waals surface area contributed by atoms with Crippen LogP contribution in [-0.2, 0) is 11.3 Å². The summed E-state index contributed by atoms with van der Waals surface area (Å²) in [5.41, 5.74) is 3.28. The predicted molar refractivity (Wildman–Crippen MR) is 117 cm³/mol. The van der Waals surface area contributed by atoms with Crippen molar-refractivity contribution in [2.24, 2.45) is 0 Å². The highest BCUT2D eigenvalue weighted by Gasteiger charge is 2.21. The third-order valence-corrected chi connectivity index (χ3v) is 5.14. The van der Waals surface area contributed by atoms with Crippen LogP contribution in [0.15, 0.2) is 103 Å². The lowest BCUT2D eigenvalue weighted by Crippen LogP contribution is -2.33. The lowest BCUT2D eigenvalue weighted by Gasteiger charge is -2.22. The van der Waals surface area contributed by atoms with Crippen LogP contribution in [0.4, 0.5) is 0 Å². The zero-order valence-corrected chi connectivity index (χ0v) is 16.6. The molecule has 1 heterocycles.